The Hall–Kier alpha value is -0.200. The van der Waals surface area contributed by atoms with E-state index in [1.165, 1.54) is 0 Å². The summed E-state index contributed by atoms with van der Waals surface area (Å²) in [4.78, 5) is 2.19. The molecule has 0 spiro atoms. The molecule has 0 heterocycles. The fourth-order valence-corrected chi connectivity index (χ4v) is 2.01. The topological polar surface area (TPSA) is 73.2 Å². The summed E-state index contributed by atoms with van der Waals surface area (Å²) in [6, 6.07) is 0. The van der Waals surface area contributed by atoms with E-state index in [0.717, 1.165) is 12.8 Å². The van der Waals surface area contributed by atoms with Gasteiger partial charge in [0.15, 0.2) is 0 Å². The third-order valence-corrected chi connectivity index (χ3v) is 4.07. The lowest BCUT2D eigenvalue weighted by Gasteiger charge is -2.38. The average molecular weight is 277 g/mol. The van der Waals surface area contributed by atoms with Crippen LogP contribution in [-0.4, -0.2) is 71.9 Å². The number of ether oxygens (including phenoxy) is 1. The number of hydrogen-bond acceptors (Lipinski definition) is 5. The first-order valence-corrected chi connectivity index (χ1v) is 6.99. The van der Waals surface area contributed by atoms with Crippen molar-refractivity contribution in [3.05, 3.63) is 0 Å². The van der Waals surface area contributed by atoms with Crippen molar-refractivity contribution in [2.24, 2.45) is 5.92 Å². The first-order chi connectivity index (χ1) is 8.76. The second kappa shape index (κ2) is 8.87. The van der Waals surface area contributed by atoms with E-state index >= 15 is 0 Å². The van der Waals surface area contributed by atoms with E-state index in [2.05, 4.69) is 32.8 Å². The Labute approximate surface area is 117 Å². The Balaban J connectivity index is 4.15. The van der Waals surface area contributed by atoms with Crippen molar-refractivity contribution in [3.63, 3.8) is 0 Å². The number of aliphatic hydroxyl groups is 3. The van der Waals surface area contributed by atoms with Gasteiger partial charge in [-0.1, -0.05) is 13.8 Å². The summed E-state index contributed by atoms with van der Waals surface area (Å²) in [5, 5.41) is 27.9. The average Bonchev–Trinajstić information content (AvgIpc) is 2.37. The van der Waals surface area contributed by atoms with Gasteiger partial charge in [-0.15, -0.1) is 0 Å². The molecule has 116 valence electrons. The molecule has 5 heteroatoms. The van der Waals surface area contributed by atoms with Crippen LogP contribution in [0, 0.1) is 5.92 Å². The van der Waals surface area contributed by atoms with Gasteiger partial charge in [-0.05, 0) is 39.8 Å². The third-order valence-electron chi connectivity index (χ3n) is 4.07. The molecular weight excluding hydrogens is 246 g/mol. The van der Waals surface area contributed by atoms with E-state index < -0.39 is 12.2 Å². The molecule has 4 atom stereocenters. The van der Waals surface area contributed by atoms with Gasteiger partial charge in [0.1, 0.15) is 6.10 Å². The fourth-order valence-electron chi connectivity index (χ4n) is 2.01. The normalized spacial score (nSPS) is 20.1. The fraction of sp³-hybridized carbons (Fsp3) is 1.00. The van der Waals surface area contributed by atoms with Crippen molar-refractivity contribution >= 4 is 0 Å². The summed E-state index contributed by atoms with van der Waals surface area (Å²) in [6.45, 7) is 6.26. The summed E-state index contributed by atoms with van der Waals surface area (Å²) >= 11 is 0. The zero-order valence-corrected chi connectivity index (χ0v) is 13.0. The van der Waals surface area contributed by atoms with Crippen molar-refractivity contribution < 1.29 is 20.1 Å². The van der Waals surface area contributed by atoms with Crippen LogP contribution < -0.4 is 0 Å². The monoisotopic (exact) mass is 277 g/mol. The lowest BCUT2D eigenvalue weighted by Crippen LogP contribution is -2.44. The third kappa shape index (κ3) is 6.68. The van der Waals surface area contributed by atoms with Gasteiger partial charge in [0, 0.05) is 5.54 Å². The lowest BCUT2D eigenvalue weighted by molar-refractivity contribution is -0.0433. The maximum absolute atomic E-state index is 10.1. The molecule has 0 saturated heterocycles. The van der Waals surface area contributed by atoms with Crippen molar-refractivity contribution in [2.45, 2.75) is 51.4 Å². The first-order valence-electron chi connectivity index (χ1n) is 6.99. The van der Waals surface area contributed by atoms with Gasteiger partial charge in [0.25, 0.3) is 0 Å². The van der Waals surface area contributed by atoms with Crippen LogP contribution in [0.15, 0.2) is 0 Å². The van der Waals surface area contributed by atoms with Crippen LogP contribution in [-0.2, 0) is 4.74 Å². The largest absolute Gasteiger partial charge is 0.394 e. The number of aliphatic hydroxyl groups excluding tert-OH is 3. The van der Waals surface area contributed by atoms with Crippen LogP contribution >= 0.6 is 0 Å². The highest BCUT2D eigenvalue weighted by molar-refractivity contribution is 4.85. The zero-order chi connectivity index (χ0) is 15.1. The second-order valence-corrected chi connectivity index (χ2v) is 5.87. The predicted octanol–water partition coefficient (Wildman–Crippen LogP) is 0.474. The van der Waals surface area contributed by atoms with Crippen molar-refractivity contribution in [1.29, 1.82) is 0 Å². The zero-order valence-electron chi connectivity index (χ0n) is 13.0. The van der Waals surface area contributed by atoms with Crippen LogP contribution in [0.1, 0.15) is 33.6 Å². The van der Waals surface area contributed by atoms with Crippen LogP contribution in [0.2, 0.25) is 0 Å². The molecule has 0 amide bonds. The van der Waals surface area contributed by atoms with E-state index in [1.807, 2.05) is 6.92 Å². The number of hydrogen-bond donors (Lipinski definition) is 3. The van der Waals surface area contributed by atoms with Gasteiger partial charge in [0.2, 0.25) is 0 Å². The number of nitrogens with zero attached hydrogens (tertiary/aromatic N) is 1. The van der Waals surface area contributed by atoms with Gasteiger partial charge in [0.05, 0.1) is 25.9 Å². The van der Waals surface area contributed by atoms with Crippen LogP contribution in [0.3, 0.4) is 0 Å². The standard InChI is InChI=1S/C14H31NO4/c1-6-14(3,15(4)5)7-11(2)13(18)10-19-9-12(17)8-16/h11-13,16-18H,6-10H2,1-5H3. The molecule has 19 heavy (non-hydrogen) atoms. The summed E-state index contributed by atoms with van der Waals surface area (Å²) in [6.07, 6.45) is 0.465. The van der Waals surface area contributed by atoms with Gasteiger partial charge in [-0.3, -0.25) is 0 Å². The molecule has 0 aliphatic carbocycles. The molecule has 4 unspecified atom stereocenters. The highest BCUT2D eigenvalue weighted by Gasteiger charge is 2.29. The Morgan fingerprint density at radius 3 is 2.21 bits per heavy atom. The van der Waals surface area contributed by atoms with E-state index in [4.69, 9.17) is 14.9 Å². The first kappa shape index (κ1) is 18.8. The SMILES string of the molecule is CCC(C)(CC(C)C(O)COCC(O)CO)N(C)C. The van der Waals surface area contributed by atoms with Crippen LogP contribution in [0.4, 0.5) is 0 Å². The van der Waals surface area contributed by atoms with Gasteiger partial charge in [-0.2, -0.15) is 0 Å². The lowest BCUT2D eigenvalue weighted by atomic mass is 9.84. The Bertz CT molecular complexity index is 237. The Morgan fingerprint density at radius 2 is 1.79 bits per heavy atom. The van der Waals surface area contributed by atoms with E-state index in [9.17, 15) is 5.11 Å². The summed E-state index contributed by atoms with van der Waals surface area (Å²) in [5.74, 6) is 0.110. The van der Waals surface area contributed by atoms with Crippen molar-refractivity contribution in [1.82, 2.24) is 4.90 Å². The molecule has 0 aromatic heterocycles. The van der Waals surface area contributed by atoms with E-state index in [0.29, 0.717) is 0 Å². The van der Waals surface area contributed by atoms with Crippen LogP contribution in [0.25, 0.3) is 0 Å². The van der Waals surface area contributed by atoms with Crippen LogP contribution in [0.5, 0.6) is 0 Å². The summed E-state index contributed by atoms with van der Waals surface area (Å²) < 4.78 is 5.20. The molecule has 3 N–H and O–H groups in total. The van der Waals surface area contributed by atoms with Crippen molar-refractivity contribution in [2.75, 3.05) is 33.9 Å². The molecule has 0 aliphatic rings. The molecule has 0 saturated carbocycles. The van der Waals surface area contributed by atoms with Gasteiger partial charge in [-0.25, -0.2) is 0 Å². The molecular formula is C14H31NO4. The highest BCUT2D eigenvalue weighted by atomic mass is 16.5. The molecule has 0 aromatic carbocycles. The molecule has 5 nitrogen and oxygen atoms in total. The highest BCUT2D eigenvalue weighted by Crippen LogP contribution is 2.27. The summed E-state index contributed by atoms with van der Waals surface area (Å²) in [7, 11) is 4.10. The molecule has 0 aromatic rings. The minimum absolute atomic E-state index is 0.0546. The Morgan fingerprint density at radius 1 is 1.21 bits per heavy atom. The van der Waals surface area contributed by atoms with E-state index in [1.54, 1.807) is 0 Å². The maximum Gasteiger partial charge on any atom is 0.100 e. The predicted molar refractivity (Wildman–Crippen MR) is 76.1 cm³/mol. The second-order valence-electron chi connectivity index (χ2n) is 5.87. The number of rotatable bonds is 10. The molecule has 0 rings (SSSR count). The van der Waals surface area contributed by atoms with Crippen molar-refractivity contribution in [3.8, 4) is 0 Å². The quantitative estimate of drug-likeness (QED) is 0.541. The van der Waals surface area contributed by atoms with E-state index in [-0.39, 0.29) is 31.3 Å². The smallest absolute Gasteiger partial charge is 0.100 e. The minimum atomic E-state index is -0.870. The summed E-state index contributed by atoms with van der Waals surface area (Å²) in [5.41, 5.74) is 0.0605. The maximum atomic E-state index is 10.1. The molecule has 0 aliphatic heterocycles. The molecule has 0 fully saturated rings. The van der Waals surface area contributed by atoms with Gasteiger partial charge >= 0.3 is 0 Å². The minimum Gasteiger partial charge on any atom is -0.394 e. The Kier molecular flexibility index (Phi) is 8.78. The molecule has 0 bridgehead atoms. The molecule has 0 radical (unpaired) electrons. The van der Waals surface area contributed by atoms with Gasteiger partial charge < -0.3 is 25.0 Å².